The van der Waals surface area contributed by atoms with Crippen molar-refractivity contribution in [3.63, 3.8) is 0 Å². The van der Waals surface area contributed by atoms with E-state index < -0.39 is 23.5 Å². The van der Waals surface area contributed by atoms with Gasteiger partial charge in [0.2, 0.25) is 0 Å². The van der Waals surface area contributed by atoms with Crippen molar-refractivity contribution in [3.05, 3.63) is 81.4 Å². The van der Waals surface area contributed by atoms with Crippen LogP contribution in [0.1, 0.15) is 51.3 Å². The molecule has 4 rings (SSSR count). The van der Waals surface area contributed by atoms with E-state index in [1.807, 2.05) is 6.92 Å². The zero-order valence-electron chi connectivity index (χ0n) is 16.0. The van der Waals surface area contributed by atoms with Gasteiger partial charge in [-0.05, 0) is 13.0 Å². The van der Waals surface area contributed by atoms with E-state index in [0.29, 0.717) is 11.1 Å². The Balaban J connectivity index is 2.15. The number of hydrogen-bond donors (Lipinski definition) is 0. The third-order valence-corrected chi connectivity index (χ3v) is 4.73. The van der Waals surface area contributed by atoms with Gasteiger partial charge in [-0.1, -0.05) is 42.0 Å². The lowest BCUT2D eigenvalue weighted by Gasteiger charge is -2.29. The van der Waals surface area contributed by atoms with Crippen LogP contribution in [0.25, 0.3) is 11.5 Å². The Hall–Kier alpha value is -3.80. The van der Waals surface area contributed by atoms with Gasteiger partial charge < -0.3 is 9.47 Å². The highest BCUT2D eigenvalue weighted by molar-refractivity contribution is 6.34. The number of ketones is 2. The Morgan fingerprint density at radius 2 is 1.17 bits per heavy atom. The average Bonchev–Trinajstić information content (AvgIpc) is 2.66. The van der Waals surface area contributed by atoms with E-state index in [4.69, 9.17) is 9.47 Å². The van der Waals surface area contributed by atoms with Crippen LogP contribution in [0.3, 0.4) is 0 Å². The van der Waals surface area contributed by atoms with Crippen molar-refractivity contribution in [1.82, 2.24) is 0 Å². The highest BCUT2D eigenvalue weighted by Crippen LogP contribution is 2.44. The lowest BCUT2D eigenvalue weighted by Crippen LogP contribution is -2.28. The minimum absolute atomic E-state index is 0.00467. The van der Waals surface area contributed by atoms with Crippen molar-refractivity contribution in [2.24, 2.45) is 0 Å². The summed E-state index contributed by atoms with van der Waals surface area (Å²) in [7, 11) is 0. The number of Topliss-reactive ketones (excluding diaryl/α,β-unsaturated/α-hetero) is 2. The van der Waals surface area contributed by atoms with Crippen LogP contribution in [-0.4, -0.2) is 23.5 Å². The fourth-order valence-corrected chi connectivity index (χ4v) is 3.62. The predicted molar refractivity (Wildman–Crippen MR) is 104 cm³/mol. The SMILES string of the molecule is CC(=O)OC1=C2C(=O)c3ccc(C)cc3C(OC(C)=O)=C2C(=O)c2ccccc21. The van der Waals surface area contributed by atoms with E-state index in [9.17, 15) is 19.2 Å². The first-order valence-corrected chi connectivity index (χ1v) is 8.95. The molecule has 29 heavy (non-hydrogen) atoms. The first kappa shape index (κ1) is 18.6. The number of ether oxygens (including phenoxy) is 2. The topological polar surface area (TPSA) is 86.7 Å². The smallest absolute Gasteiger partial charge is 0.308 e. The van der Waals surface area contributed by atoms with Crippen molar-refractivity contribution in [1.29, 1.82) is 0 Å². The molecule has 0 unspecified atom stereocenters. The van der Waals surface area contributed by atoms with Gasteiger partial charge in [-0.2, -0.15) is 0 Å². The molecule has 0 bridgehead atoms. The summed E-state index contributed by atoms with van der Waals surface area (Å²) in [6, 6.07) is 11.6. The largest absolute Gasteiger partial charge is 0.425 e. The first-order chi connectivity index (χ1) is 13.8. The molecule has 0 saturated carbocycles. The van der Waals surface area contributed by atoms with Gasteiger partial charge >= 0.3 is 11.9 Å². The number of aryl methyl sites for hydroxylation is 1. The van der Waals surface area contributed by atoms with Crippen molar-refractivity contribution < 1.29 is 28.7 Å². The highest BCUT2D eigenvalue weighted by Gasteiger charge is 2.42. The van der Waals surface area contributed by atoms with Gasteiger partial charge in [0, 0.05) is 36.1 Å². The van der Waals surface area contributed by atoms with E-state index in [-0.39, 0.29) is 33.8 Å². The number of esters is 2. The van der Waals surface area contributed by atoms with Crippen molar-refractivity contribution in [2.75, 3.05) is 0 Å². The number of hydrogen-bond acceptors (Lipinski definition) is 6. The van der Waals surface area contributed by atoms with Gasteiger partial charge in [0.05, 0.1) is 11.1 Å². The Morgan fingerprint density at radius 3 is 1.72 bits per heavy atom. The van der Waals surface area contributed by atoms with Crippen LogP contribution in [0.15, 0.2) is 53.6 Å². The van der Waals surface area contributed by atoms with Gasteiger partial charge in [0.1, 0.15) is 0 Å². The van der Waals surface area contributed by atoms with Crippen molar-refractivity contribution >= 4 is 35.0 Å². The summed E-state index contributed by atoms with van der Waals surface area (Å²) in [6.45, 7) is 4.26. The summed E-state index contributed by atoms with van der Waals surface area (Å²) in [6.07, 6.45) is 0. The van der Waals surface area contributed by atoms with E-state index in [1.54, 1.807) is 42.5 Å². The third kappa shape index (κ3) is 2.89. The summed E-state index contributed by atoms with van der Waals surface area (Å²) in [4.78, 5) is 50.3. The lowest BCUT2D eigenvalue weighted by molar-refractivity contribution is -0.135. The molecule has 2 aliphatic rings. The molecule has 0 heterocycles. The van der Waals surface area contributed by atoms with E-state index in [2.05, 4.69) is 0 Å². The highest BCUT2D eigenvalue weighted by atomic mass is 16.5. The molecule has 6 nitrogen and oxygen atoms in total. The molecule has 0 spiro atoms. The van der Waals surface area contributed by atoms with Crippen LogP contribution in [-0.2, 0) is 19.1 Å². The molecule has 2 aromatic carbocycles. The zero-order chi connectivity index (χ0) is 20.9. The normalized spacial score (nSPS) is 14.9. The van der Waals surface area contributed by atoms with Gasteiger partial charge in [0.15, 0.2) is 23.1 Å². The summed E-state index contributed by atoms with van der Waals surface area (Å²) >= 11 is 0. The molecular formula is C23H16O6. The molecule has 0 amide bonds. The molecule has 0 atom stereocenters. The van der Waals surface area contributed by atoms with Crippen LogP contribution < -0.4 is 0 Å². The molecule has 0 aliphatic heterocycles. The molecule has 6 heteroatoms. The molecule has 0 fully saturated rings. The van der Waals surface area contributed by atoms with Gasteiger partial charge in [-0.3, -0.25) is 19.2 Å². The minimum atomic E-state index is -0.632. The van der Waals surface area contributed by atoms with Gasteiger partial charge in [-0.25, -0.2) is 0 Å². The first-order valence-electron chi connectivity index (χ1n) is 8.95. The fourth-order valence-electron chi connectivity index (χ4n) is 3.62. The van der Waals surface area contributed by atoms with Crippen LogP contribution in [0.5, 0.6) is 0 Å². The molecular weight excluding hydrogens is 372 g/mol. The molecule has 0 aromatic heterocycles. The van der Waals surface area contributed by atoms with E-state index in [1.165, 1.54) is 13.8 Å². The van der Waals surface area contributed by atoms with Gasteiger partial charge in [-0.15, -0.1) is 0 Å². The number of carbonyl (C=O) groups excluding carboxylic acids is 4. The maximum Gasteiger partial charge on any atom is 0.308 e. The van der Waals surface area contributed by atoms with Gasteiger partial charge in [0.25, 0.3) is 0 Å². The Labute approximate surface area is 166 Å². The van der Waals surface area contributed by atoms with Crippen molar-refractivity contribution in [2.45, 2.75) is 20.8 Å². The number of carbonyl (C=O) groups is 4. The van der Waals surface area contributed by atoms with E-state index in [0.717, 1.165) is 5.56 Å². The Bertz CT molecular complexity index is 1200. The summed E-state index contributed by atoms with van der Waals surface area (Å²) < 4.78 is 10.8. The molecule has 0 N–H and O–H groups in total. The summed E-state index contributed by atoms with van der Waals surface area (Å²) in [5.74, 6) is -2.21. The zero-order valence-corrected chi connectivity index (χ0v) is 16.0. The maximum absolute atomic E-state index is 13.4. The molecule has 0 radical (unpaired) electrons. The quantitative estimate of drug-likeness (QED) is 0.730. The predicted octanol–water partition coefficient (Wildman–Crippen LogP) is 3.64. The second-order valence-electron chi connectivity index (χ2n) is 6.85. The molecule has 144 valence electrons. The van der Waals surface area contributed by atoms with E-state index >= 15 is 0 Å². The second kappa shape index (κ2) is 6.67. The molecule has 0 saturated heterocycles. The number of rotatable bonds is 2. The second-order valence-corrected chi connectivity index (χ2v) is 6.85. The lowest BCUT2D eigenvalue weighted by atomic mass is 9.76. The Morgan fingerprint density at radius 1 is 0.690 bits per heavy atom. The minimum Gasteiger partial charge on any atom is -0.425 e. The monoisotopic (exact) mass is 388 g/mol. The molecule has 2 aliphatic carbocycles. The third-order valence-electron chi connectivity index (χ3n) is 4.73. The number of allylic oxidation sites excluding steroid dienone is 2. The van der Waals surface area contributed by atoms with Crippen LogP contribution in [0.2, 0.25) is 0 Å². The number of fused-ring (bicyclic) bond motifs is 3. The summed E-state index contributed by atoms with van der Waals surface area (Å²) in [5.41, 5.74) is 1.92. The fraction of sp³-hybridized carbons (Fsp3) is 0.130. The van der Waals surface area contributed by atoms with Crippen molar-refractivity contribution in [3.8, 4) is 0 Å². The Kier molecular flexibility index (Phi) is 4.27. The molecule has 2 aromatic rings. The van der Waals surface area contributed by atoms with Crippen LogP contribution in [0, 0.1) is 6.92 Å². The van der Waals surface area contributed by atoms with Crippen LogP contribution >= 0.6 is 0 Å². The number of benzene rings is 2. The standard InChI is InChI=1S/C23H16O6/c1-11-8-9-15-17(10-11)23(29-13(3)25)19-18(21(15)27)22(28-12(2)24)16-7-5-4-6-14(16)20(19)26/h4-10H,1-3H3. The average molecular weight is 388 g/mol. The summed E-state index contributed by atoms with van der Waals surface area (Å²) in [5, 5.41) is 0. The maximum atomic E-state index is 13.4. The van der Waals surface area contributed by atoms with Crippen LogP contribution in [0.4, 0.5) is 0 Å².